The fraction of sp³-hybridized carbons (Fsp3) is 0.391. The second kappa shape index (κ2) is 8.01. The average Bonchev–Trinajstić information content (AvgIpc) is 3.37. The number of benzene rings is 1. The van der Waals surface area contributed by atoms with Gasteiger partial charge in [0.05, 0.1) is 11.1 Å². The third-order valence-corrected chi connectivity index (χ3v) is 7.21. The topological polar surface area (TPSA) is 86.8 Å². The van der Waals surface area contributed by atoms with Crippen LogP contribution >= 0.6 is 11.3 Å². The van der Waals surface area contributed by atoms with E-state index < -0.39 is 23.8 Å². The predicted octanol–water partition coefficient (Wildman–Crippen LogP) is 2.53. The lowest BCUT2D eigenvalue weighted by Crippen LogP contribution is -2.54. The fourth-order valence-electron chi connectivity index (χ4n) is 4.81. The maximum atomic E-state index is 13.0. The first-order valence-corrected chi connectivity index (χ1v) is 11.5. The molecule has 0 spiro atoms. The Balaban J connectivity index is 1.27. The van der Waals surface area contributed by atoms with E-state index in [1.54, 1.807) is 23.5 Å². The molecule has 0 radical (unpaired) electrons. The summed E-state index contributed by atoms with van der Waals surface area (Å²) < 4.78 is 0. The Kier molecular flexibility index (Phi) is 5.19. The minimum absolute atomic E-state index is 0.121. The minimum atomic E-state index is -0.926. The van der Waals surface area contributed by atoms with Crippen LogP contribution in [0.15, 0.2) is 35.0 Å². The maximum Gasteiger partial charge on any atom is 0.262 e. The first-order valence-electron chi connectivity index (χ1n) is 10.6. The van der Waals surface area contributed by atoms with Crippen LogP contribution in [0.25, 0.3) is 0 Å². The standard InChI is InChI=1S/C23H23N3O4S/c27-20-4-3-19(21(28)24-20)26-22(29)17-2-1-14(11-18(17)23(26)30)12-25-8-5-15(6-9-25)16-7-10-31-13-16/h1-2,7,10-11,13,15,19H,3-6,8-9,12H2,(H,24,27,28). The fourth-order valence-corrected chi connectivity index (χ4v) is 5.55. The summed E-state index contributed by atoms with van der Waals surface area (Å²) in [6.07, 6.45) is 2.52. The zero-order chi connectivity index (χ0) is 21.5. The number of piperidine rings is 2. The lowest BCUT2D eigenvalue weighted by Gasteiger charge is -2.31. The number of rotatable bonds is 4. The van der Waals surface area contributed by atoms with Crippen LogP contribution in [0.3, 0.4) is 0 Å². The highest BCUT2D eigenvalue weighted by Crippen LogP contribution is 2.31. The molecule has 31 heavy (non-hydrogen) atoms. The number of nitrogens with zero attached hydrogens (tertiary/aromatic N) is 2. The van der Waals surface area contributed by atoms with Crippen LogP contribution in [-0.2, 0) is 16.1 Å². The van der Waals surface area contributed by atoms with Crippen molar-refractivity contribution in [3.05, 3.63) is 57.3 Å². The Labute approximate surface area is 184 Å². The first kappa shape index (κ1) is 20.1. The van der Waals surface area contributed by atoms with E-state index in [-0.39, 0.29) is 18.7 Å². The zero-order valence-corrected chi connectivity index (χ0v) is 17.8. The summed E-state index contributed by atoms with van der Waals surface area (Å²) in [4.78, 5) is 52.8. The Morgan fingerprint density at radius 3 is 2.45 bits per heavy atom. The van der Waals surface area contributed by atoms with E-state index in [0.717, 1.165) is 42.9 Å². The van der Waals surface area contributed by atoms with E-state index in [4.69, 9.17) is 0 Å². The molecule has 1 aromatic carbocycles. The monoisotopic (exact) mass is 437 g/mol. The highest BCUT2D eigenvalue weighted by Gasteiger charge is 2.44. The van der Waals surface area contributed by atoms with Crippen molar-refractivity contribution in [1.29, 1.82) is 0 Å². The molecular formula is C23H23N3O4S. The largest absolute Gasteiger partial charge is 0.299 e. The van der Waals surface area contributed by atoms with E-state index in [0.29, 0.717) is 17.0 Å². The lowest BCUT2D eigenvalue weighted by molar-refractivity contribution is -0.136. The van der Waals surface area contributed by atoms with Crippen LogP contribution in [-0.4, -0.2) is 52.6 Å². The van der Waals surface area contributed by atoms with Crippen molar-refractivity contribution >= 4 is 35.0 Å². The van der Waals surface area contributed by atoms with Crippen molar-refractivity contribution in [1.82, 2.24) is 15.1 Å². The van der Waals surface area contributed by atoms with Crippen LogP contribution in [0, 0.1) is 0 Å². The molecule has 2 fully saturated rings. The van der Waals surface area contributed by atoms with Crippen LogP contribution < -0.4 is 5.32 Å². The number of thiophene rings is 1. The van der Waals surface area contributed by atoms with Gasteiger partial charge in [-0.1, -0.05) is 6.07 Å². The van der Waals surface area contributed by atoms with E-state index in [1.807, 2.05) is 6.07 Å². The summed E-state index contributed by atoms with van der Waals surface area (Å²) in [6.45, 7) is 2.71. The van der Waals surface area contributed by atoms with Crippen molar-refractivity contribution in [2.45, 2.75) is 44.2 Å². The third kappa shape index (κ3) is 3.70. The van der Waals surface area contributed by atoms with Gasteiger partial charge in [0, 0.05) is 13.0 Å². The van der Waals surface area contributed by atoms with Gasteiger partial charge < -0.3 is 0 Å². The molecule has 3 aliphatic heterocycles. The van der Waals surface area contributed by atoms with Crippen LogP contribution in [0.5, 0.6) is 0 Å². The lowest BCUT2D eigenvalue weighted by atomic mass is 9.91. The number of imide groups is 2. The predicted molar refractivity (Wildman–Crippen MR) is 115 cm³/mol. The Morgan fingerprint density at radius 1 is 0.968 bits per heavy atom. The summed E-state index contributed by atoms with van der Waals surface area (Å²) in [7, 11) is 0. The Hall–Kier alpha value is -2.84. The molecule has 0 aliphatic carbocycles. The van der Waals surface area contributed by atoms with Crippen LogP contribution in [0.4, 0.5) is 0 Å². The van der Waals surface area contributed by atoms with Crippen molar-refractivity contribution in [3.63, 3.8) is 0 Å². The van der Waals surface area contributed by atoms with Gasteiger partial charge in [0.2, 0.25) is 11.8 Å². The molecule has 5 rings (SSSR count). The zero-order valence-electron chi connectivity index (χ0n) is 17.0. The number of likely N-dealkylation sites (tertiary alicyclic amines) is 1. The van der Waals surface area contributed by atoms with Gasteiger partial charge in [0.15, 0.2) is 0 Å². The summed E-state index contributed by atoms with van der Waals surface area (Å²) in [5, 5.41) is 6.58. The number of carbonyl (C=O) groups excluding carboxylic acids is 4. The van der Waals surface area contributed by atoms with Gasteiger partial charge in [-0.15, -0.1) is 0 Å². The van der Waals surface area contributed by atoms with Crippen molar-refractivity contribution < 1.29 is 19.2 Å². The van der Waals surface area contributed by atoms with E-state index in [1.165, 1.54) is 5.56 Å². The SMILES string of the molecule is O=C1CCC(N2C(=O)c3ccc(CN4CCC(c5ccsc5)CC4)cc3C2=O)C(=O)N1. The van der Waals surface area contributed by atoms with E-state index in [9.17, 15) is 19.2 Å². The molecule has 2 saturated heterocycles. The highest BCUT2D eigenvalue weighted by molar-refractivity contribution is 7.08. The Bertz CT molecular complexity index is 1060. The molecule has 3 aliphatic rings. The minimum Gasteiger partial charge on any atom is -0.299 e. The number of amides is 4. The van der Waals surface area contributed by atoms with Crippen molar-refractivity contribution in [3.8, 4) is 0 Å². The summed E-state index contributed by atoms with van der Waals surface area (Å²) >= 11 is 1.74. The van der Waals surface area contributed by atoms with Gasteiger partial charge in [0.25, 0.3) is 11.8 Å². The molecule has 1 atom stereocenters. The highest BCUT2D eigenvalue weighted by atomic mass is 32.1. The molecule has 1 N–H and O–H groups in total. The van der Waals surface area contributed by atoms with Crippen LogP contribution in [0.1, 0.15) is 63.4 Å². The number of nitrogens with one attached hydrogen (secondary N) is 1. The molecule has 0 bridgehead atoms. The summed E-state index contributed by atoms with van der Waals surface area (Å²) in [5.74, 6) is -1.25. The van der Waals surface area contributed by atoms with Gasteiger partial charge in [-0.05, 0) is 78.4 Å². The number of hydrogen-bond donors (Lipinski definition) is 1. The van der Waals surface area contributed by atoms with E-state index in [2.05, 4.69) is 27.0 Å². The summed E-state index contributed by atoms with van der Waals surface area (Å²) in [6, 6.07) is 6.65. The second-order valence-electron chi connectivity index (χ2n) is 8.43. The van der Waals surface area contributed by atoms with Crippen molar-refractivity contribution in [2.75, 3.05) is 13.1 Å². The molecule has 2 aromatic rings. The van der Waals surface area contributed by atoms with Gasteiger partial charge in [0.1, 0.15) is 6.04 Å². The molecule has 4 amide bonds. The van der Waals surface area contributed by atoms with Gasteiger partial charge in [-0.3, -0.25) is 34.3 Å². The summed E-state index contributed by atoms with van der Waals surface area (Å²) in [5.41, 5.74) is 3.09. The molecule has 160 valence electrons. The van der Waals surface area contributed by atoms with Crippen LogP contribution in [0.2, 0.25) is 0 Å². The van der Waals surface area contributed by atoms with E-state index >= 15 is 0 Å². The number of fused-ring (bicyclic) bond motifs is 1. The third-order valence-electron chi connectivity index (χ3n) is 6.51. The molecule has 1 aromatic heterocycles. The number of hydrogen-bond acceptors (Lipinski definition) is 6. The molecule has 0 saturated carbocycles. The first-order chi connectivity index (χ1) is 15.0. The molecule has 1 unspecified atom stereocenters. The molecule has 4 heterocycles. The average molecular weight is 438 g/mol. The molecular weight excluding hydrogens is 414 g/mol. The second-order valence-corrected chi connectivity index (χ2v) is 9.21. The van der Waals surface area contributed by atoms with Crippen molar-refractivity contribution in [2.24, 2.45) is 0 Å². The molecule has 7 nitrogen and oxygen atoms in total. The van der Waals surface area contributed by atoms with Gasteiger partial charge in [-0.2, -0.15) is 11.3 Å². The van der Waals surface area contributed by atoms with Gasteiger partial charge >= 0.3 is 0 Å². The number of carbonyl (C=O) groups is 4. The Morgan fingerprint density at radius 2 is 1.74 bits per heavy atom. The smallest absolute Gasteiger partial charge is 0.262 e. The molecule has 8 heteroatoms. The maximum absolute atomic E-state index is 13.0. The van der Waals surface area contributed by atoms with Gasteiger partial charge in [-0.25, -0.2) is 0 Å². The normalized spacial score (nSPS) is 22.7. The quantitative estimate of drug-likeness (QED) is 0.743.